The highest BCUT2D eigenvalue weighted by Gasteiger charge is 2.26. The number of ether oxygens (including phenoxy) is 4. The van der Waals surface area contributed by atoms with E-state index in [-0.39, 0.29) is 49.3 Å². The Morgan fingerprint density at radius 1 is 1.04 bits per heavy atom. The summed E-state index contributed by atoms with van der Waals surface area (Å²) >= 11 is 0. The molecule has 3 heterocycles. The van der Waals surface area contributed by atoms with Crippen molar-refractivity contribution < 1.29 is 37.3 Å². The molecule has 0 spiro atoms. The number of benzene rings is 2. The Morgan fingerprint density at radius 3 is 2.60 bits per heavy atom. The van der Waals surface area contributed by atoms with Gasteiger partial charge in [-0.25, -0.2) is 13.8 Å². The van der Waals surface area contributed by atoms with E-state index in [4.69, 9.17) is 23.9 Å². The third-order valence-electron chi connectivity index (χ3n) is 7.68. The minimum absolute atomic E-state index is 0.0451. The van der Waals surface area contributed by atoms with Crippen LogP contribution in [0.1, 0.15) is 39.3 Å². The molecule has 1 aliphatic rings. The summed E-state index contributed by atoms with van der Waals surface area (Å²) < 4.78 is 51.9. The van der Waals surface area contributed by atoms with Gasteiger partial charge in [0.05, 0.1) is 19.2 Å². The summed E-state index contributed by atoms with van der Waals surface area (Å²) in [7, 11) is 0.143. The number of methoxy groups -OCH3 is 1. The number of halogens is 2. The molecule has 238 valence electrons. The van der Waals surface area contributed by atoms with E-state index in [9.17, 15) is 14.0 Å². The van der Waals surface area contributed by atoms with Gasteiger partial charge in [0.2, 0.25) is 0 Å². The normalized spacial score (nSPS) is 12.7. The summed E-state index contributed by atoms with van der Waals surface area (Å²) in [5.74, 6) is 0.291. The molecular weight excluding hydrogens is 598 g/mol. The molecule has 45 heavy (non-hydrogen) atoms. The van der Waals surface area contributed by atoms with E-state index in [0.717, 1.165) is 11.6 Å². The number of carbonyl (C=O) groups excluding carboxylic acids is 2. The SMILES string of the molecule is COc1cc(C(=O)CCC(=O)c2cc3c(c(-c4cn(COCC[Si](C)(C)C)c5c(F)cccc45)n2)OCC3)ccc1OCCF. The molecule has 0 amide bonds. The van der Waals surface area contributed by atoms with Gasteiger partial charge in [-0.15, -0.1) is 0 Å². The van der Waals surface area contributed by atoms with E-state index in [1.54, 1.807) is 35.0 Å². The highest BCUT2D eigenvalue weighted by Crippen LogP contribution is 2.40. The van der Waals surface area contributed by atoms with Gasteiger partial charge < -0.3 is 23.5 Å². The fourth-order valence-corrected chi connectivity index (χ4v) is 6.03. The molecule has 0 saturated carbocycles. The Balaban J connectivity index is 1.39. The maximum absolute atomic E-state index is 15.2. The lowest BCUT2D eigenvalue weighted by molar-refractivity contribution is 0.0899. The van der Waals surface area contributed by atoms with Crippen LogP contribution in [0, 0.1) is 5.82 Å². The molecule has 1 aliphatic heterocycles. The molecule has 5 rings (SSSR count). The van der Waals surface area contributed by atoms with Crippen molar-refractivity contribution in [3.05, 3.63) is 71.3 Å². The first-order valence-corrected chi connectivity index (χ1v) is 18.8. The second-order valence-electron chi connectivity index (χ2n) is 12.2. The van der Waals surface area contributed by atoms with Crippen LogP contribution in [-0.4, -0.2) is 62.8 Å². The summed E-state index contributed by atoms with van der Waals surface area (Å²) in [5, 5.41) is 0.640. The summed E-state index contributed by atoms with van der Waals surface area (Å²) in [6.07, 6.45) is 2.30. The van der Waals surface area contributed by atoms with Crippen molar-refractivity contribution in [3.8, 4) is 28.5 Å². The minimum Gasteiger partial charge on any atom is -0.493 e. The number of Topliss-reactive ketones (excluding diaryl/α,β-unsaturated/α-hetero) is 2. The Morgan fingerprint density at radius 2 is 1.84 bits per heavy atom. The minimum atomic E-state index is -1.29. The summed E-state index contributed by atoms with van der Waals surface area (Å²) in [4.78, 5) is 31.1. The van der Waals surface area contributed by atoms with Gasteiger partial charge in [0, 0.05) is 62.2 Å². The number of para-hydroxylation sites is 1. The van der Waals surface area contributed by atoms with Gasteiger partial charge in [-0.3, -0.25) is 9.59 Å². The zero-order valence-corrected chi connectivity index (χ0v) is 27.1. The van der Waals surface area contributed by atoms with E-state index in [2.05, 4.69) is 19.6 Å². The summed E-state index contributed by atoms with van der Waals surface area (Å²) in [5.41, 5.74) is 2.91. The van der Waals surface area contributed by atoms with Crippen LogP contribution in [0.5, 0.6) is 17.2 Å². The van der Waals surface area contributed by atoms with Crippen LogP contribution in [0.15, 0.2) is 48.7 Å². The molecule has 11 heteroatoms. The molecule has 0 radical (unpaired) electrons. The van der Waals surface area contributed by atoms with Crippen LogP contribution in [0.2, 0.25) is 25.7 Å². The molecule has 4 aromatic rings. The van der Waals surface area contributed by atoms with Crippen LogP contribution >= 0.6 is 0 Å². The Bertz CT molecular complexity index is 1720. The maximum Gasteiger partial charge on any atom is 0.181 e. The van der Waals surface area contributed by atoms with Crippen LogP contribution < -0.4 is 14.2 Å². The number of fused-ring (bicyclic) bond motifs is 2. The van der Waals surface area contributed by atoms with E-state index in [0.29, 0.717) is 64.6 Å². The number of nitrogens with zero attached hydrogens (tertiary/aromatic N) is 2. The maximum atomic E-state index is 15.2. The fraction of sp³-hybridized carbons (Fsp3) is 0.382. The molecule has 0 atom stereocenters. The van der Waals surface area contributed by atoms with Gasteiger partial charge >= 0.3 is 0 Å². The predicted molar refractivity (Wildman–Crippen MR) is 171 cm³/mol. The first kappa shape index (κ1) is 32.3. The van der Waals surface area contributed by atoms with E-state index >= 15 is 4.39 Å². The number of hydrogen-bond acceptors (Lipinski definition) is 7. The van der Waals surface area contributed by atoms with Crippen LogP contribution in [0.25, 0.3) is 22.2 Å². The third kappa shape index (κ3) is 7.42. The van der Waals surface area contributed by atoms with E-state index in [1.807, 2.05) is 6.07 Å². The molecule has 0 bridgehead atoms. The second kappa shape index (κ2) is 13.9. The summed E-state index contributed by atoms with van der Waals surface area (Å²) in [6, 6.07) is 12.2. The monoisotopic (exact) mass is 636 g/mol. The van der Waals surface area contributed by atoms with Crippen molar-refractivity contribution in [2.75, 3.05) is 33.6 Å². The van der Waals surface area contributed by atoms with Gasteiger partial charge in [-0.05, 0) is 36.4 Å². The number of ketones is 2. The Labute approximate surface area is 262 Å². The van der Waals surface area contributed by atoms with Crippen LogP contribution in [0.4, 0.5) is 8.78 Å². The van der Waals surface area contributed by atoms with E-state index in [1.165, 1.54) is 19.2 Å². The summed E-state index contributed by atoms with van der Waals surface area (Å²) in [6.45, 7) is 7.26. The van der Waals surface area contributed by atoms with Gasteiger partial charge in [-0.2, -0.15) is 0 Å². The molecule has 0 aliphatic carbocycles. The topological polar surface area (TPSA) is 88.9 Å². The predicted octanol–water partition coefficient (Wildman–Crippen LogP) is 7.29. The third-order valence-corrected chi connectivity index (χ3v) is 9.39. The first-order chi connectivity index (χ1) is 21.6. The number of pyridine rings is 1. The standard InChI is InChI=1S/C34H38F2N2O6Si/c1-41-31-19-22(8-11-30(31)43-15-13-35)28(39)9-10-29(40)27-18-23-12-14-44-34(23)32(37-27)25-20-38(21-42-16-17-45(2,3)4)33-24(25)6-5-7-26(33)36/h5-8,11,18-20H,9-10,12-17,21H2,1-4H3. The molecule has 2 aromatic heterocycles. The number of hydrogen-bond donors (Lipinski definition) is 0. The van der Waals surface area contributed by atoms with Gasteiger partial charge in [-0.1, -0.05) is 31.8 Å². The van der Waals surface area contributed by atoms with Crippen molar-refractivity contribution in [2.45, 2.75) is 51.7 Å². The van der Waals surface area contributed by atoms with Crippen molar-refractivity contribution in [2.24, 2.45) is 0 Å². The van der Waals surface area contributed by atoms with Crippen molar-refractivity contribution in [1.29, 1.82) is 0 Å². The van der Waals surface area contributed by atoms with Gasteiger partial charge in [0.15, 0.2) is 23.1 Å². The number of carbonyl (C=O) groups is 2. The number of rotatable bonds is 15. The number of aromatic nitrogens is 2. The Kier molecular flexibility index (Phi) is 9.98. The second-order valence-corrected chi connectivity index (χ2v) is 17.8. The van der Waals surface area contributed by atoms with Gasteiger partial charge in [0.1, 0.15) is 43.0 Å². The molecule has 0 N–H and O–H groups in total. The molecule has 0 unspecified atom stereocenters. The number of alkyl halides is 1. The average Bonchev–Trinajstić information content (AvgIpc) is 3.65. The lowest BCUT2D eigenvalue weighted by Gasteiger charge is -2.15. The van der Waals surface area contributed by atoms with Crippen LogP contribution in [0.3, 0.4) is 0 Å². The zero-order valence-electron chi connectivity index (χ0n) is 26.1. The zero-order chi connectivity index (χ0) is 32.1. The fourth-order valence-electron chi connectivity index (χ4n) is 5.28. The Hall–Kier alpha value is -4.09. The molecule has 0 fully saturated rings. The lowest BCUT2D eigenvalue weighted by atomic mass is 10.0. The molecular formula is C34H38F2N2O6Si. The quantitative estimate of drug-likeness (QED) is 0.0769. The largest absolute Gasteiger partial charge is 0.493 e. The highest BCUT2D eigenvalue weighted by atomic mass is 28.3. The molecule has 8 nitrogen and oxygen atoms in total. The van der Waals surface area contributed by atoms with E-state index < -0.39 is 14.7 Å². The smallest absolute Gasteiger partial charge is 0.181 e. The van der Waals surface area contributed by atoms with Crippen molar-refractivity contribution >= 4 is 30.5 Å². The molecule has 0 saturated heterocycles. The van der Waals surface area contributed by atoms with Crippen LogP contribution in [-0.2, 0) is 17.9 Å². The average molecular weight is 637 g/mol. The highest BCUT2D eigenvalue weighted by molar-refractivity contribution is 6.76. The lowest BCUT2D eigenvalue weighted by Crippen LogP contribution is -2.22. The first-order valence-electron chi connectivity index (χ1n) is 15.0. The molecule has 2 aromatic carbocycles. The van der Waals surface area contributed by atoms with Crippen molar-refractivity contribution in [1.82, 2.24) is 9.55 Å². The van der Waals surface area contributed by atoms with Crippen molar-refractivity contribution in [3.63, 3.8) is 0 Å². The van der Waals surface area contributed by atoms with Gasteiger partial charge in [0.25, 0.3) is 0 Å².